The number of amides is 1. The van der Waals surface area contributed by atoms with Gasteiger partial charge in [-0.25, -0.2) is 14.2 Å². The molecule has 0 saturated heterocycles. The molecule has 0 radical (unpaired) electrons. The third kappa shape index (κ3) is 4.93. The number of benzene rings is 2. The van der Waals surface area contributed by atoms with Gasteiger partial charge in [0.2, 0.25) is 5.91 Å². The Balaban J connectivity index is 1.75. The third-order valence-corrected chi connectivity index (χ3v) is 5.58. The van der Waals surface area contributed by atoms with Crippen LogP contribution < -0.4 is 27.4 Å². The van der Waals surface area contributed by atoms with Crippen molar-refractivity contribution in [1.29, 1.82) is 0 Å². The molecule has 2 aromatic heterocycles. The first-order valence-electron chi connectivity index (χ1n) is 10.9. The quantitative estimate of drug-likeness (QED) is 0.367. The van der Waals surface area contributed by atoms with Crippen LogP contribution in [0.4, 0.5) is 15.9 Å². The van der Waals surface area contributed by atoms with E-state index >= 15 is 0 Å². The first-order valence-corrected chi connectivity index (χ1v) is 10.9. The molecular formula is C24H23FN6O5. The molecular weight excluding hydrogens is 471 g/mol. The lowest BCUT2D eigenvalue weighted by atomic mass is 10.2. The monoisotopic (exact) mass is 494 g/mol. The number of methoxy groups -OCH3 is 1. The van der Waals surface area contributed by atoms with E-state index in [1.54, 1.807) is 24.3 Å². The van der Waals surface area contributed by atoms with Crippen molar-refractivity contribution in [3.8, 4) is 0 Å². The summed E-state index contributed by atoms with van der Waals surface area (Å²) in [5.41, 5.74) is 4.79. The summed E-state index contributed by atoms with van der Waals surface area (Å²) in [4.78, 5) is 58.9. The van der Waals surface area contributed by atoms with Crippen molar-refractivity contribution in [3.05, 3.63) is 97.4 Å². The van der Waals surface area contributed by atoms with Crippen LogP contribution in [0.25, 0.3) is 10.9 Å². The normalized spacial score (nSPS) is 11.1. The number of anilines is 2. The van der Waals surface area contributed by atoms with Gasteiger partial charge in [-0.3, -0.25) is 28.5 Å². The topological polar surface area (TPSA) is 145 Å². The number of nitrogen functional groups attached to an aromatic ring is 1. The zero-order valence-electron chi connectivity index (χ0n) is 19.3. The van der Waals surface area contributed by atoms with Crippen molar-refractivity contribution in [2.75, 3.05) is 30.9 Å². The molecule has 186 valence electrons. The zero-order chi connectivity index (χ0) is 25.8. The highest BCUT2D eigenvalue weighted by Gasteiger charge is 2.25. The van der Waals surface area contributed by atoms with E-state index in [1.807, 2.05) is 6.07 Å². The molecule has 1 amide bonds. The van der Waals surface area contributed by atoms with Crippen LogP contribution in [-0.2, 0) is 22.6 Å². The molecule has 0 aliphatic heterocycles. The molecule has 0 aliphatic carbocycles. The molecule has 0 aliphatic rings. The van der Waals surface area contributed by atoms with Gasteiger partial charge in [-0.05, 0) is 23.8 Å². The summed E-state index contributed by atoms with van der Waals surface area (Å²) in [7, 11) is 1.42. The highest BCUT2D eigenvalue weighted by molar-refractivity contribution is 5.95. The molecule has 0 unspecified atom stereocenters. The van der Waals surface area contributed by atoms with E-state index in [0.717, 1.165) is 25.7 Å². The smallest absolute Gasteiger partial charge is 0.330 e. The number of halogens is 1. The fraction of sp³-hybridized carbons (Fsp3) is 0.208. The Labute approximate surface area is 203 Å². The first kappa shape index (κ1) is 24.5. The minimum Gasteiger partial charge on any atom is -0.383 e. The fourth-order valence-electron chi connectivity index (χ4n) is 3.78. The Kier molecular flexibility index (Phi) is 7.06. The number of H-pyrrole nitrogens is 1. The van der Waals surface area contributed by atoms with Gasteiger partial charge in [0, 0.05) is 13.7 Å². The van der Waals surface area contributed by atoms with E-state index in [0.29, 0.717) is 0 Å². The van der Waals surface area contributed by atoms with Crippen LogP contribution >= 0.6 is 0 Å². The standard InChI is InChI=1S/C24H23FN6O5/c1-36-10-9-30(19(32)13-29-14-27-18-8-7-16(25)11-17(18)23(29)34)20-21(26)31(24(35)28-22(20)33)12-15-5-3-2-4-6-15/h2-8,11,14H,9-10,12-13,26H2,1H3,(H,28,33,35). The van der Waals surface area contributed by atoms with Crippen LogP contribution in [-0.4, -0.2) is 45.3 Å². The van der Waals surface area contributed by atoms with Gasteiger partial charge >= 0.3 is 5.69 Å². The van der Waals surface area contributed by atoms with Gasteiger partial charge in [-0.2, -0.15) is 0 Å². The molecule has 11 nitrogen and oxygen atoms in total. The lowest BCUT2D eigenvalue weighted by Crippen LogP contribution is -2.44. The van der Waals surface area contributed by atoms with E-state index in [4.69, 9.17) is 10.5 Å². The second-order valence-corrected chi connectivity index (χ2v) is 7.94. The van der Waals surface area contributed by atoms with Gasteiger partial charge in [0.25, 0.3) is 11.1 Å². The van der Waals surface area contributed by atoms with Crippen LogP contribution in [0.15, 0.2) is 69.2 Å². The Morgan fingerprint density at radius 2 is 1.92 bits per heavy atom. The summed E-state index contributed by atoms with van der Waals surface area (Å²) in [5.74, 6) is -1.52. The Morgan fingerprint density at radius 3 is 2.64 bits per heavy atom. The van der Waals surface area contributed by atoms with E-state index in [9.17, 15) is 23.6 Å². The molecule has 0 spiro atoms. The van der Waals surface area contributed by atoms with Crippen molar-refractivity contribution in [1.82, 2.24) is 19.1 Å². The number of carbonyl (C=O) groups excluding carboxylic acids is 1. The molecule has 4 rings (SSSR count). The molecule has 0 bridgehead atoms. The average molecular weight is 494 g/mol. The number of ether oxygens (including phenoxy) is 1. The van der Waals surface area contributed by atoms with Gasteiger partial charge < -0.3 is 15.4 Å². The summed E-state index contributed by atoms with van der Waals surface area (Å²) >= 11 is 0. The minimum atomic E-state index is -0.864. The molecule has 0 fully saturated rings. The molecule has 0 saturated carbocycles. The van der Waals surface area contributed by atoms with E-state index in [-0.39, 0.29) is 42.1 Å². The highest BCUT2D eigenvalue weighted by atomic mass is 19.1. The number of nitrogens with zero attached hydrogens (tertiary/aromatic N) is 4. The highest BCUT2D eigenvalue weighted by Crippen LogP contribution is 2.18. The predicted octanol–water partition coefficient (Wildman–Crippen LogP) is 0.696. The molecule has 2 aromatic carbocycles. The third-order valence-electron chi connectivity index (χ3n) is 5.58. The molecule has 2 heterocycles. The van der Waals surface area contributed by atoms with Gasteiger partial charge in [-0.15, -0.1) is 0 Å². The number of carbonyl (C=O) groups is 1. The largest absolute Gasteiger partial charge is 0.383 e. The maximum absolute atomic E-state index is 13.7. The summed E-state index contributed by atoms with van der Waals surface area (Å²) in [6.07, 6.45) is 1.17. The maximum atomic E-state index is 13.7. The first-order chi connectivity index (χ1) is 17.3. The van der Waals surface area contributed by atoms with Crippen molar-refractivity contribution >= 4 is 28.3 Å². The van der Waals surface area contributed by atoms with Crippen LogP contribution in [0.5, 0.6) is 0 Å². The van der Waals surface area contributed by atoms with Gasteiger partial charge in [0.15, 0.2) is 5.69 Å². The molecule has 0 atom stereocenters. The molecule has 36 heavy (non-hydrogen) atoms. The summed E-state index contributed by atoms with van der Waals surface area (Å²) in [6, 6.07) is 12.5. The number of nitrogens with one attached hydrogen (secondary N) is 1. The lowest BCUT2D eigenvalue weighted by Gasteiger charge is -2.24. The van der Waals surface area contributed by atoms with Crippen molar-refractivity contribution in [2.24, 2.45) is 0 Å². The second kappa shape index (κ2) is 10.4. The molecule has 12 heteroatoms. The number of hydrogen-bond donors (Lipinski definition) is 2. The van der Waals surface area contributed by atoms with Crippen LogP contribution in [0.2, 0.25) is 0 Å². The lowest BCUT2D eigenvalue weighted by molar-refractivity contribution is -0.119. The number of fused-ring (bicyclic) bond motifs is 1. The van der Waals surface area contributed by atoms with Crippen molar-refractivity contribution < 1.29 is 13.9 Å². The average Bonchev–Trinajstić information content (AvgIpc) is 2.86. The van der Waals surface area contributed by atoms with Gasteiger partial charge in [0.1, 0.15) is 18.2 Å². The minimum absolute atomic E-state index is 0.00233. The summed E-state index contributed by atoms with van der Waals surface area (Å²) in [5, 5.41) is 0.00233. The number of hydrogen-bond acceptors (Lipinski definition) is 7. The van der Waals surface area contributed by atoms with E-state index in [2.05, 4.69) is 9.97 Å². The summed E-state index contributed by atoms with van der Waals surface area (Å²) in [6.45, 7) is -0.505. The Bertz CT molecular complexity index is 1600. The van der Waals surface area contributed by atoms with Crippen LogP contribution in [0.3, 0.4) is 0 Å². The number of aromatic amines is 1. The number of nitrogens with two attached hydrogens (primary N) is 1. The van der Waals surface area contributed by atoms with Crippen molar-refractivity contribution in [3.63, 3.8) is 0 Å². The van der Waals surface area contributed by atoms with Crippen LogP contribution in [0, 0.1) is 5.82 Å². The molecule has 4 aromatic rings. The van der Waals surface area contributed by atoms with Crippen molar-refractivity contribution in [2.45, 2.75) is 13.1 Å². The number of rotatable bonds is 8. The number of aromatic nitrogens is 4. The SMILES string of the molecule is COCCN(C(=O)Cn1cnc2ccc(F)cc2c1=O)c1c(N)n(Cc2ccccc2)c(=O)[nH]c1=O. The van der Waals surface area contributed by atoms with Crippen LogP contribution in [0.1, 0.15) is 5.56 Å². The maximum Gasteiger partial charge on any atom is 0.330 e. The predicted molar refractivity (Wildman–Crippen MR) is 131 cm³/mol. The molecule has 3 N–H and O–H groups in total. The van der Waals surface area contributed by atoms with E-state index in [1.165, 1.54) is 25.6 Å². The summed E-state index contributed by atoms with van der Waals surface area (Å²) < 4.78 is 20.9. The fourth-order valence-corrected chi connectivity index (χ4v) is 3.78. The Morgan fingerprint density at radius 1 is 1.17 bits per heavy atom. The zero-order valence-corrected chi connectivity index (χ0v) is 19.3. The van der Waals surface area contributed by atoms with Gasteiger partial charge in [-0.1, -0.05) is 30.3 Å². The Hall–Kier alpha value is -4.58. The second-order valence-electron chi connectivity index (χ2n) is 7.94. The van der Waals surface area contributed by atoms with Gasteiger partial charge in [0.05, 0.1) is 30.4 Å². The van der Waals surface area contributed by atoms with E-state index < -0.39 is 35.1 Å².